The van der Waals surface area contributed by atoms with Crippen LogP contribution in [0.1, 0.15) is 11.1 Å². The van der Waals surface area contributed by atoms with Gasteiger partial charge in [-0.1, -0.05) is 18.2 Å². The molecule has 2 rings (SSSR count). The van der Waals surface area contributed by atoms with Crippen molar-refractivity contribution < 1.29 is 4.39 Å². The number of benzene rings is 1. The molecule has 0 atom stereocenters. The van der Waals surface area contributed by atoms with Crippen molar-refractivity contribution in [1.82, 2.24) is 4.98 Å². The van der Waals surface area contributed by atoms with Crippen molar-refractivity contribution in [2.75, 3.05) is 5.32 Å². The number of halogens is 1. The van der Waals surface area contributed by atoms with Gasteiger partial charge in [0.15, 0.2) is 0 Å². The van der Waals surface area contributed by atoms with Gasteiger partial charge in [-0.2, -0.15) is 5.26 Å². The van der Waals surface area contributed by atoms with Gasteiger partial charge in [-0.3, -0.25) is 5.41 Å². The highest BCUT2D eigenvalue weighted by Crippen LogP contribution is 2.14. The molecule has 5 heteroatoms. The van der Waals surface area contributed by atoms with Crippen molar-refractivity contribution in [2.24, 2.45) is 0 Å². The first-order valence-corrected chi connectivity index (χ1v) is 5.63. The summed E-state index contributed by atoms with van der Waals surface area (Å²) < 4.78 is 13.5. The maximum atomic E-state index is 13.5. The van der Waals surface area contributed by atoms with Gasteiger partial charge in [0.25, 0.3) is 0 Å². The van der Waals surface area contributed by atoms with Crippen molar-refractivity contribution >= 4 is 11.5 Å². The standard InChI is InChI=1S/C14H11FN4/c15-12-6-2-1-4-10(12)9-19-14-11(13(17)8-16)5-3-7-18-14/h1-7,17H,9H2,(H,18,19). The number of rotatable bonds is 4. The summed E-state index contributed by atoms with van der Waals surface area (Å²) in [5.41, 5.74) is 0.730. The fraction of sp³-hybridized carbons (Fsp3) is 0.0714. The van der Waals surface area contributed by atoms with Crippen molar-refractivity contribution in [3.05, 3.63) is 59.5 Å². The van der Waals surface area contributed by atoms with Crippen LogP contribution in [0.15, 0.2) is 42.6 Å². The van der Waals surface area contributed by atoms with E-state index in [-0.39, 0.29) is 18.1 Å². The maximum Gasteiger partial charge on any atom is 0.143 e. The summed E-state index contributed by atoms with van der Waals surface area (Å²) in [4.78, 5) is 4.07. The number of nitriles is 1. The normalized spacial score (nSPS) is 9.68. The molecule has 1 heterocycles. The van der Waals surface area contributed by atoms with E-state index in [0.29, 0.717) is 16.9 Å². The van der Waals surface area contributed by atoms with Crippen LogP contribution in [0.25, 0.3) is 0 Å². The molecule has 1 aromatic heterocycles. The summed E-state index contributed by atoms with van der Waals surface area (Å²) in [5, 5.41) is 19.2. The van der Waals surface area contributed by atoms with Crippen molar-refractivity contribution in [1.29, 1.82) is 10.7 Å². The van der Waals surface area contributed by atoms with E-state index in [1.54, 1.807) is 42.6 Å². The average Bonchev–Trinajstić information content (AvgIpc) is 2.46. The van der Waals surface area contributed by atoms with Crippen LogP contribution in [0.3, 0.4) is 0 Å². The predicted octanol–water partition coefficient (Wildman–Crippen LogP) is 2.72. The summed E-state index contributed by atoms with van der Waals surface area (Å²) in [7, 11) is 0. The van der Waals surface area contributed by atoms with E-state index >= 15 is 0 Å². The first-order chi connectivity index (χ1) is 9.22. The number of pyridine rings is 1. The van der Waals surface area contributed by atoms with Crippen LogP contribution in [0, 0.1) is 22.6 Å². The molecule has 1 aromatic carbocycles. The zero-order chi connectivity index (χ0) is 13.7. The molecule has 0 fully saturated rings. The number of anilines is 1. The summed E-state index contributed by atoms with van der Waals surface area (Å²) >= 11 is 0. The van der Waals surface area contributed by atoms with E-state index < -0.39 is 0 Å². The first-order valence-electron chi connectivity index (χ1n) is 5.63. The van der Waals surface area contributed by atoms with Gasteiger partial charge < -0.3 is 5.32 Å². The monoisotopic (exact) mass is 254 g/mol. The smallest absolute Gasteiger partial charge is 0.143 e. The largest absolute Gasteiger partial charge is 0.365 e. The number of nitrogens with zero attached hydrogens (tertiary/aromatic N) is 2. The topological polar surface area (TPSA) is 72.6 Å². The van der Waals surface area contributed by atoms with E-state index in [4.69, 9.17) is 10.7 Å². The summed E-state index contributed by atoms with van der Waals surface area (Å²) in [6.45, 7) is 0.245. The van der Waals surface area contributed by atoms with E-state index in [1.165, 1.54) is 6.07 Å². The summed E-state index contributed by atoms with van der Waals surface area (Å²) in [5.74, 6) is 0.0974. The number of nitrogens with one attached hydrogen (secondary N) is 2. The molecule has 0 amide bonds. The Labute approximate surface area is 110 Å². The Kier molecular flexibility index (Phi) is 3.84. The molecular weight excluding hydrogens is 243 g/mol. The van der Waals surface area contributed by atoms with Crippen LogP contribution in [0.5, 0.6) is 0 Å². The molecule has 0 bridgehead atoms. The molecule has 0 saturated carbocycles. The second-order valence-electron chi connectivity index (χ2n) is 3.83. The zero-order valence-electron chi connectivity index (χ0n) is 10.0. The van der Waals surface area contributed by atoms with E-state index in [1.807, 2.05) is 0 Å². The summed E-state index contributed by atoms with van der Waals surface area (Å²) in [6, 6.07) is 11.5. The minimum absolute atomic E-state index is 0.177. The highest BCUT2D eigenvalue weighted by Gasteiger charge is 2.08. The van der Waals surface area contributed by atoms with Gasteiger partial charge in [0.1, 0.15) is 23.4 Å². The van der Waals surface area contributed by atoms with Crippen LogP contribution in [-0.4, -0.2) is 10.7 Å². The van der Waals surface area contributed by atoms with Crippen LogP contribution in [-0.2, 0) is 6.54 Å². The Bertz CT molecular complexity index is 646. The third-order valence-electron chi connectivity index (χ3n) is 2.59. The average molecular weight is 254 g/mol. The van der Waals surface area contributed by atoms with Gasteiger partial charge in [0, 0.05) is 18.3 Å². The molecule has 0 aliphatic rings. The Morgan fingerprint density at radius 1 is 1.32 bits per heavy atom. The summed E-state index contributed by atoms with van der Waals surface area (Å²) in [6.07, 6.45) is 1.55. The SMILES string of the molecule is N#CC(=N)c1cccnc1NCc1ccccc1F. The first kappa shape index (κ1) is 12.7. The zero-order valence-corrected chi connectivity index (χ0v) is 10.0. The Hall–Kier alpha value is -2.74. The molecule has 0 unspecified atom stereocenters. The third-order valence-corrected chi connectivity index (χ3v) is 2.59. The number of aromatic nitrogens is 1. The maximum absolute atomic E-state index is 13.5. The highest BCUT2D eigenvalue weighted by molar-refractivity contribution is 6.12. The fourth-order valence-electron chi connectivity index (χ4n) is 1.63. The quantitative estimate of drug-likeness (QED) is 0.824. The van der Waals surface area contributed by atoms with Crippen LogP contribution >= 0.6 is 0 Å². The van der Waals surface area contributed by atoms with Crippen LogP contribution < -0.4 is 5.32 Å². The molecule has 4 nitrogen and oxygen atoms in total. The van der Waals surface area contributed by atoms with Crippen LogP contribution in [0.2, 0.25) is 0 Å². The van der Waals surface area contributed by atoms with Gasteiger partial charge in [0.2, 0.25) is 0 Å². The molecule has 94 valence electrons. The lowest BCUT2D eigenvalue weighted by Crippen LogP contribution is -2.08. The van der Waals surface area contributed by atoms with Crippen molar-refractivity contribution in [2.45, 2.75) is 6.54 Å². The molecule has 19 heavy (non-hydrogen) atoms. The molecule has 0 radical (unpaired) electrons. The highest BCUT2D eigenvalue weighted by atomic mass is 19.1. The molecule has 0 spiro atoms. The Balaban J connectivity index is 2.19. The van der Waals surface area contributed by atoms with Crippen LogP contribution in [0.4, 0.5) is 10.2 Å². The molecule has 0 aliphatic carbocycles. The minimum atomic E-state index is -0.303. The molecule has 0 saturated heterocycles. The van der Waals surface area contributed by atoms with Gasteiger partial charge >= 0.3 is 0 Å². The van der Waals surface area contributed by atoms with Gasteiger partial charge in [-0.25, -0.2) is 9.37 Å². The lowest BCUT2D eigenvalue weighted by atomic mass is 10.1. The molecular formula is C14H11FN4. The molecule has 2 aromatic rings. The number of hydrogen-bond acceptors (Lipinski definition) is 4. The molecule has 0 aliphatic heterocycles. The van der Waals surface area contributed by atoms with E-state index in [9.17, 15) is 4.39 Å². The Morgan fingerprint density at radius 3 is 2.84 bits per heavy atom. The second kappa shape index (κ2) is 5.74. The van der Waals surface area contributed by atoms with Gasteiger partial charge in [-0.15, -0.1) is 0 Å². The third kappa shape index (κ3) is 2.93. The van der Waals surface area contributed by atoms with E-state index in [0.717, 1.165) is 0 Å². The predicted molar refractivity (Wildman–Crippen MR) is 70.4 cm³/mol. The van der Waals surface area contributed by atoms with Gasteiger partial charge in [-0.05, 0) is 18.2 Å². The lowest BCUT2D eigenvalue weighted by molar-refractivity contribution is 0.613. The minimum Gasteiger partial charge on any atom is -0.365 e. The van der Waals surface area contributed by atoms with Crippen molar-refractivity contribution in [3.8, 4) is 6.07 Å². The van der Waals surface area contributed by atoms with Gasteiger partial charge in [0.05, 0.1) is 5.56 Å². The van der Waals surface area contributed by atoms with E-state index in [2.05, 4.69) is 10.3 Å². The molecule has 2 N–H and O–H groups in total. The number of hydrogen-bond donors (Lipinski definition) is 2. The lowest BCUT2D eigenvalue weighted by Gasteiger charge is -2.09. The van der Waals surface area contributed by atoms with Crippen molar-refractivity contribution in [3.63, 3.8) is 0 Å². The fourth-order valence-corrected chi connectivity index (χ4v) is 1.63. The second-order valence-corrected chi connectivity index (χ2v) is 3.83. The Morgan fingerprint density at radius 2 is 2.11 bits per heavy atom.